The van der Waals surface area contributed by atoms with Gasteiger partial charge in [0.15, 0.2) is 9.84 Å². The number of amides is 2. The van der Waals surface area contributed by atoms with Gasteiger partial charge in [0.1, 0.15) is 5.60 Å². The number of nitrogens with one attached hydrogen (secondary N) is 2. The van der Waals surface area contributed by atoms with Crippen molar-refractivity contribution in [2.75, 3.05) is 6.26 Å². The third-order valence-corrected chi connectivity index (χ3v) is 19.9. The van der Waals surface area contributed by atoms with Crippen LogP contribution in [0, 0.1) is 81.3 Å². The van der Waals surface area contributed by atoms with Gasteiger partial charge in [-0.3, -0.25) is 9.59 Å². The van der Waals surface area contributed by atoms with Crippen molar-refractivity contribution in [2.24, 2.45) is 69.0 Å². The molecule has 0 aromatic heterocycles. The van der Waals surface area contributed by atoms with Crippen LogP contribution < -0.4 is 10.6 Å². The zero-order chi connectivity index (χ0) is 38.6. The summed E-state index contributed by atoms with van der Waals surface area (Å²) in [7, 11) is -3.05. The van der Waals surface area contributed by atoms with Crippen molar-refractivity contribution in [3.05, 3.63) is 12.2 Å². The second kappa shape index (κ2) is 13.1. The van der Waals surface area contributed by atoms with Gasteiger partial charge in [-0.2, -0.15) is 0 Å². The van der Waals surface area contributed by atoms with Crippen LogP contribution in [-0.4, -0.2) is 54.0 Å². The van der Waals surface area contributed by atoms with Crippen LogP contribution in [0.1, 0.15) is 145 Å². The van der Waals surface area contributed by atoms with Crippen molar-refractivity contribution < 1.29 is 23.1 Å². The van der Waals surface area contributed by atoms with Crippen LogP contribution in [0.2, 0.25) is 0 Å². The van der Waals surface area contributed by atoms with E-state index >= 15 is 0 Å². The van der Waals surface area contributed by atoms with Gasteiger partial charge in [-0.25, -0.2) is 8.42 Å². The van der Waals surface area contributed by atoms with Gasteiger partial charge in [0.2, 0.25) is 11.8 Å². The number of fused-ring (bicyclic) bond motifs is 10. The van der Waals surface area contributed by atoms with E-state index in [0.717, 1.165) is 57.8 Å². The number of hydrogen-bond donors (Lipinski definition) is 3. The Morgan fingerprint density at radius 2 is 1.53 bits per heavy atom. The second-order valence-corrected chi connectivity index (χ2v) is 23.6. The van der Waals surface area contributed by atoms with E-state index in [1.165, 1.54) is 38.4 Å². The molecule has 0 bridgehead atoms. The van der Waals surface area contributed by atoms with Gasteiger partial charge in [0.05, 0.1) is 5.25 Å². The Labute approximate surface area is 321 Å². The molecular weight excluding hydrogens is 681 g/mol. The summed E-state index contributed by atoms with van der Waals surface area (Å²) < 4.78 is 25.4. The molecule has 296 valence electrons. The molecule has 8 heteroatoms. The summed E-state index contributed by atoms with van der Waals surface area (Å²) in [5.74, 6) is 7.08. The lowest BCUT2D eigenvalue weighted by molar-refractivity contribution is -0.135. The highest BCUT2D eigenvalue weighted by Crippen LogP contribution is 2.69. The van der Waals surface area contributed by atoms with Crippen LogP contribution in [0.5, 0.6) is 0 Å². The monoisotopic (exact) mass is 751 g/mol. The van der Waals surface area contributed by atoms with Crippen molar-refractivity contribution in [2.45, 2.75) is 167 Å². The number of carbonyl (C=O) groups excluding carboxylic acids is 2. The fourth-order valence-corrected chi connectivity index (χ4v) is 17.3. The molecule has 0 spiro atoms. The third-order valence-electron chi connectivity index (χ3n) is 18.1. The molecule has 1 heterocycles. The molecule has 0 saturated heterocycles. The third kappa shape index (κ3) is 6.09. The van der Waals surface area contributed by atoms with Gasteiger partial charge in [-0.1, -0.05) is 46.1 Å². The van der Waals surface area contributed by atoms with Gasteiger partial charge in [0, 0.05) is 34.6 Å². The van der Waals surface area contributed by atoms with E-state index in [9.17, 15) is 23.1 Å². The number of hydrogen-bond acceptors (Lipinski definition) is 5. The van der Waals surface area contributed by atoms with Crippen molar-refractivity contribution >= 4 is 21.7 Å². The summed E-state index contributed by atoms with van der Waals surface area (Å²) in [5.41, 5.74) is -1.26. The van der Waals surface area contributed by atoms with E-state index in [0.29, 0.717) is 47.8 Å². The first-order valence-electron chi connectivity index (χ1n) is 21.3. The quantitative estimate of drug-likeness (QED) is 0.252. The molecule has 53 heavy (non-hydrogen) atoms. The fourth-order valence-electron chi connectivity index (χ4n) is 15.4. The molecule has 2 amide bonds. The normalized spacial score (nSPS) is 49.9. The summed E-state index contributed by atoms with van der Waals surface area (Å²) in [6, 6.07) is 0.280. The Hall–Kier alpha value is -1.85. The van der Waals surface area contributed by atoms with Crippen LogP contribution >= 0.6 is 0 Å². The van der Waals surface area contributed by atoms with E-state index < -0.39 is 15.4 Å². The first-order valence-corrected chi connectivity index (χ1v) is 23.3. The minimum atomic E-state index is -3.05. The molecule has 1 aliphatic heterocycles. The average molecular weight is 751 g/mol. The van der Waals surface area contributed by atoms with Crippen molar-refractivity contribution in [1.29, 1.82) is 0 Å². The Morgan fingerprint density at radius 3 is 2.21 bits per heavy atom. The number of rotatable bonds is 2. The topological polar surface area (TPSA) is 113 Å². The Kier molecular flexibility index (Phi) is 9.74. The summed E-state index contributed by atoms with van der Waals surface area (Å²) in [5, 5.41) is 17.4. The predicted molar refractivity (Wildman–Crippen MR) is 211 cm³/mol. The van der Waals surface area contributed by atoms with Crippen LogP contribution in [0.4, 0.5) is 0 Å². The smallest absolute Gasteiger partial charge is 0.243 e. The number of sulfone groups is 1. The lowest BCUT2D eigenvalue weighted by Crippen LogP contribution is -2.60. The maximum absolute atomic E-state index is 13.0. The van der Waals surface area contributed by atoms with Gasteiger partial charge >= 0.3 is 0 Å². The number of aliphatic hydroxyl groups is 1. The Morgan fingerprint density at radius 1 is 0.868 bits per heavy atom. The number of carbonyl (C=O) groups is 2. The van der Waals surface area contributed by atoms with E-state index in [-0.39, 0.29) is 56.2 Å². The minimum Gasteiger partial charge on any atom is -0.377 e. The van der Waals surface area contributed by atoms with Gasteiger partial charge in [-0.15, -0.1) is 6.42 Å². The summed E-state index contributed by atoms with van der Waals surface area (Å²) in [4.78, 5) is 24.9. The second-order valence-electron chi connectivity index (χ2n) is 21.4. The molecule has 7 saturated carbocycles. The molecule has 0 radical (unpaired) electrons. The molecule has 8 rings (SSSR count). The standard InChI is InChI=1S/C23H36N2O2.C22H34O3S/c1-21(2,3)25-20(27)17-8-7-15-14-6-9-18-23(5,13-11-19(26)24-18)16(14)10-12-22(15,17)4;1-5-22(23)14-12-17-16-10-9-15-7-6-8-19(26(4,24)25)21(15,3)18(16)11-13-20(17,22)2/h11,13-18H,6-10,12H2,1-5H3,(H,24,26)(H,25,27);1,15-19,23H,6-14H2,2-4H3/t14?,15?,16?,17-,18-,22+,23-;15-,16?,17?,18?,19?,20+,21+,22-/m11/s1. The average Bonchev–Trinajstić information content (AvgIpc) is 3.57. The zero-order valence-electron chi connectivity index (χ0n) is 34.1. The van der Waals surface area contributed by atoms with Crippen molar-refractivity contribution in [3.63, 3.8) is 0 Å². The van der Waals surface area contributed by atoms with Crippen LogP contribution in [-0.2, 0) is 19.4 Å². The van der Waals surface area contributed by atoms with Gasteiger partial charge in [-0.05, 0) is 169 Å². The van der Waals surface area contributed by atoms with Gasteiger partial charge in [0.25, 0.3) is 0 Å². The Balaban J connectivity index is 0.000000164. The lowest BCUT2D eigenvalue weighted by atomic mass is 9.44. The van der Waals surface area contributed by atoms with E-state index in [1.807, 2.05) is 0 Å². The minimum absolute atomic E-state index is 0.0661. The Bertz CT molecular complexity index is 1660. The molecule has 0 aromatic rings. The van der Waals surface area contributed by atoms with E-state index in [2.05, 4.69) is 71.1 Å². The SMILES string of the molecule is C#C[C@@]1(O)CCC2C3CC[C@H]4CCCC(S(C)(=O)=O)[C@]4(C)C3CC[C@@]21C.CC(C)(C)NC(=O)[C@H]1CCC2C3CC[C@H]4NC(=O)C=C[C@]4(C)C3CC[C@@]21C. The van der Waals surface area contributed by atoms with Crippen molar-refractivity contribution in [1.82, 2.24) is 10.6 Å². The summed E-state index contributed by atoms with van der Waals surface area (Å²) >= 11 is 0. The number of terminal acetylenes is 1. The molecule has 8 aliphatic rings. The molecule has 0 aromatic carbocycles. The zero-order valence-corrected chi connectivity index (χ0v) is 34.9. The first-order chi connectivity index (χ1) is 24.6. The molecule has 3 N–H and O–H groups in total. The molecular formula is C45H70N2O5S. The summed E-state index contributed by atoms with van der Waals surface area (Å²) in [6.07, 6.45) is 26.9. The highest BCUT2D eigenvalue weighted by atomic mass is 32.2. The highest BCUT2D eigenvalue weighted by Gasteiger charge is 2.66. The molecule has 7 aliphatic carbocycles. The first kappa shape index (κ1) is 39.4. The van der Waals surface area contributed by atoms with E-state index in [1.54, 1.807) is 6.08 Å². The fraction of sp³-hybridized carbons (Fsp3) is 0.867. The van der Waals surface area contributed by atoms with Crippen LogP contribution in [0.15, 0.2) is 12.2 Å². The van der Waals surface area contributed by atoms with Crippen molar-refractivity contribution in [3.8, 4) is 12.3 Å². The van der Waals surface area contributed by atoms with Gasteiger partial charge < -0.3 is 15.7 Å². The molecule has 7 unspecified atom stereocenters. The van der Waals surface area contributed by atoms with Crippen LogP contribution in [0.25, 0.3) is 0 Å². The lowest BCUT2D eigenvalue weighted by Gasteiger charge is -2.62. The predicted octanol–water partition coefficient (Wildman–Crippen LogP) is 7.62. The van der Waals surface area contributed by atoms with Crippen LogP contribution in [0.3, 0.4) is 0 Å². The summed E-state index contributed by atoms with van der Waals surface area (Å²) in [6.45, 7) is 15.5. The molecule has 7 fully saturated rings. The maximum atomic E-state index is 13.0. The van der Waals surface area contributed by atoms with E-state index in [4.69, 9.17) is 6.42 Å². The maximum Gasteiger partial charge on any atom is 0.243 e. The largest absolute Gasteiger partial charge is 0.377 e. The highest BCUT2D eigenvalue weighted by molar-refractivity contribution is 7.91. The molecule has 7 nitrogen and oxygen atoms in total. The molecule has 15 atom stereocenters.